The molecule has 1 fully saturated rings. The van der Waals surface area contributed by atoms with Crippen LogP contribution in [0, 0.1) is 5.92 Å². The zero-order valence-electron chi connectivity index (χ0n) is 21.3. The molecule has 1 aromatic carbocycles. The molecule has 0 radical (unpaired) electrons. The van der Waals surface area contributed by atoms with E-state index >= 15 is 0 Å². The van der Waals surface area contributed by atoms with E-state index in [0.29, 0.717) is 24.7 Å². The molecule has 0 aliphatic carbocycles. The van der Waals surface area contributed by atoms with Crippen molar-refractivity contribution >= 4 is 17.6 Å². The Morgan fingerprint density at radius 3 is 2.61 bits per heavy atom. The third-order valence-electron chi connectivity index (χ3n) is 6.86. The van der Waals surface area contributed by atoms with Gasteiger partial charge in [-0.25, -0.2) is 9.97 Å². The Morgan fingerprint density at radius 1 is 1.11 bits per heavy atom. The van der Waals surface area contributed by atoms with E-state index in [1.807, 2.05) is 11.0 Å². The van der Waals surface area contributed by atoms with Gasteiger partial charge in [-0.1, -0.05) is 38.1 Å². The molecule has 0 saturated carbocycles. The lowest BCUT2D eigenvalue weighted by Gasteiger charge is -2.33. The second-order valence-corrected chi connectivity index (χ2v) is 10.3. The fourth-order valence-corrected chi connectivity index (χ4v) is 4.89. The third-order valence-corrected chi connectivity index (χ3v) is 6.86. The van der Waals surface area contributed by atoms with Crippen LogP contribution in [0.1, 0.15) is 54.7 Å². The smallest absolute Gasteiger partial charge is 0.270 e. The Hall–Kier alpha value is -3.04. The lowest BCUT2D eigenvalue weighted by molar-refractivity contribution is -0.132. The van der Waals surface area contributed by atoms with Crippen LogP contribution in [0.4, 0.5) is 5.82 Å². The van der Waals surface area contributed by atoms with Crippen LogP contribution in [0.2, 0.25) is 0 Å². The summed E-state index contributed by atoms with van der Waals surface area (Å²) in [7, 11) is 0. The van der Waals surface area contributed by atoms with Crippen LogP contribution in [-0.2, 0) is 17.8 Å². The van der Waals surface area contributed by atoms with Gasteiger partial charge in [0.25, 0.3) is 5.91 Å². The SMILES string of the molecule is CC(C)CC(=O)N1CCC(Nc2cc(C(=O)NC[C@H](O)CN3CCc4ccccc4C3)ncn2)CC1. The summed E-state index contributed by atoms with van der Waals surface area (Å²) in [6.45, 7) is 7.94. The number of aliphatic hydroxyl groups excluding tert-OH is 1. The number of rotatable bonds is 9. The van der Waals surface area contributed by atoms with Gasteiger partial charge >= 0.3 is 0 Å². The molecular weight excluding hydrogens is 456 g/mol. The number of amides is 2. The molecule has 2 aliphatic heterocycles. The fraction of sp³-hybridized carbons (Fsp3) is 0.556. The van der Waals surface area contributed by atoms with Gasteiger partial charge in [-0.2, -0.15) is 0 Å². The first-order valence-electron chi connectivity index (χ1n) is 13.0. The highest BCUT2D eigenvalue weighted by Gasteiger charge is 2.24. The maximum atomic E-state index is 12.7. The molecule has 194 valence electrons. The van der Waals surface area contributed by atoms with Crippen molar-refractivity contribution in [1.82, 2.24) is 25.1 Å². The number of hydrogen-bond donors (Lipinski definition) is 3. The number of fused-ring (bicyclic) bond motifs is 1. The summed E-state index contributed by atoms with van der Waals surface area (Å²) in [6, 6.07) is 10.2. The number of aliphatic hydroxyl groups is 1. The van der Waals surface area contributed by atoms with E-state index in [2.05, 4.69) is 57.5 Å². The van der Waals surface area contributed by atoms with Crippen LogP contribution in [0.25, 0.3) is 0 Å². The molecule has 0 spiro atoms. The van der Waals surface area contributed by atoms with Crippen molar-refractivity contribution in [2.75, 3.05) is 38.0 Å². The summed E-state index contributed by atoms with van der Waals surface area (Å²) in [4.78, 5) is 37.5. The zero-order chi connectivity index (χ0) is 25.5. The van der Waals surface area contributed by atoms with Gasteiger partial charge in [0, 0.05) is 57.8 Å². The van der Waals surface area contributed by atoms with Crippen LogP contribution in [-0.4, -0.2) is 81.6 Å². The van der Waals surface area contributed by atoms with E-state index in [4.69, 9.17) is 0 Å². The van der Waals surface area contributed by atoms with Gasteiger partial charge in [-0.15, -0.1) is 0 Å². The van der Waals surface area contributed by atoms with Crippen molar-refractivity contribution in [2.45, 2.75) is 58.2 Å². The summed E-state index contributed by atoms with van der Waals surface area (Å²) in [5.74, 6) is 0.839. The Morgan fingerprint density at radius 2 is 1.86 bits per heavy atom. The van der Waals surface area contributed by atoms with Crippen molar-refractivity contribution < 1.29 is 14.7 Å². The van der Waals surface area contributed by atoms with Gasteiger partial charge in [-0.3, -0.25) is 14.5 Å². The minimum Gasteiger partial charge on any atom is -0.390 e. The van der Waals surface area contributed by atoms with Crippen molar-refractivity contribution in [2.24, 2.45) is 5.92 Å². The second kappa shape index (κ2) is 12.3. The summed E-state index contributed by atoms with van der Waals surface area (Å²) in [6.07, 6.45) is 3.94. The number of likely N-dealkylation sites (tertiary alicyclic amines) is 1. The first-order valence-corrected chi connectivity index (χ1v) is 13.0. The number of β-amino-alcohol motifs (C(OH)–C–C–N with tert-alkyl or cyclic N) is 1. The topological polar surface area (TPSA) is 111 Å². The molecule has 4 rings (SSSR count). The van der Waals surface area contributed by atoms with Crippen molar-refractivity contribution in [1.29, 1.82) is 0 Å². The van der Waals surface area contributed by atoms with Gasteiger partial charge in [-0.05, 0) is 36.3 Å². The molecule has 2 aromatic rings. The number of aromatic nitrogens is 2. The van der Waals surface area contributed by atoms with Crippen LogP contribution in [0.15, 0.2) is 36.7 Å². The summed E-state index contributed by atoms with van der Waals surface area (Å²) < 4.78 is 0. The number of anilines is 1. The monoisotopic (exact) mass is 494 g/mol. The molecule has 3 heterocycles. The Bertz CT molecular complexity index is 1040. The lowest BCUT2D eigenvalue weighted by Crippen LogP contribution is -2.43. The van der Waals surface area contributed by atoms with E-state index in [-0.39, 0.29) is 30.1 Å². The largest absolute Gasteiger partial charge is 0.390 e. The van der Waals surface area contributed by atoms with Crippen molar-refractivity contribution in [3.8, 4) is 0 Å². The van der Waals surface area contributed by atoms with Crippen LogP contribution in [0.5, 0.6) is 0 Å². The van der Waals surface area contributed by atoms with Crippen LogP contribution in [0.3, 0.4) is 0 Å². The third kappa shape index (κ3) is 7.24. The predicted octanol–water partition coefficient (Wildman–Crippen LogP) is 2.07. The number of carbonyl (C=O) groups is 2. The summed E-state index contributed by atoms with van der Waals surface area (Å²) in [5, 5.41) is 16.7. The first-order chi connectivity index (χ1) is 17.4. The van der Waals surface area contributed by atoms with Gasteiger partial charge in [0.15, 0.2) is 0 Å². The molecule has 36 heavy (non-hydrogen) atoms. The van der Waals surface area contributed by atoms with E-state index in [1.165, 1.54) is 17.5 Å². The lowest BCUT2D eigenvalue weighted by atomic mass is 10.00. The average molecular weight is 495 g/mol. The Labute approximate surface area is 213 Å². The Balaban J connectivity index is 1.21. The predicted molar refractivity (Wildman–Crippen MR) is 138 cm³/mol. The number of benzene rings is 1. The van der Waals surface area contributed by atoms with Crippen molar-refractivity contribution in [3.05, 3.63) is 53.5 Å². The number of nitrogens with one attached hydrogen (secondary N) is 2. The molecule has 9 nitrogen and oxygen atoms in total. The number of carbonyl (C=O) groups excluding carboxylic acids is 2. The standard InChI is InChI=1S/C27H38N6O3/c1-19(2)13-26(35)33-11-8-22(9-12-33)31-25-14-24(29-18-30-25)27(36)28-15-23(34)17-32-10-7-20-5-3-4-6-21(20)16-32/h3-6,14,18-19,22-23,34H,7-13,15-17H2,1-2H3,(H,28,36)(H,29,30,31)/t23-/m0/s1. The molecule has 9 heteroatoms. The molecule has 0 unspecified atom stereocenters. The number of nitrogens with zero attached hydrogens (tertiary/aromatic N) is 4. The number of hydrogen-bond acceptors (Lipinski definition) is 7. The molecule has 2 aliphatic rings. The Kier molecular flexibility index (Phi) is 8.88. The molecule has 1 saturated heterocycles. The number of piperidine rings is 1. The van der Waals surface area contributed by atoms with E-state index < -0.39 is 6.10 Å². The average Bonchev–Trinajstić information content (AvgIpc) is 2.87. The second-order valence-electron chi connectivity index (χ2n) is 10.3. The van der Waals surface area contributed by atoms with E-state index in [9.17, 15) is 14.7 Å². The summed E-state index contributed by atoms with van der Waals surface area (Å²) >= 11 is 0. The molecule has 2 amide bonds. The normalized spacial score (nSPS) is 17.5. The summed E-state index contributed by atoms with van der Waals surface area (Å²) in [5.41, 5.74) is 2.93. The fourth-order valence-electron chi connectivity index (χ4n) is 4.89. The zero-order valence-corrected chi connectivity index (χ0v) is 21.3. The molecule has 3 N–H and O–H groups in total. The van der Waals surface area contributed by atoms with Crippen molar-refractivity contribution in [3.63, 3.8) is 0 Å². The van der Waals surface area contributed by atoms with Gasteiger partial charge in [0.05, 0.1) is 6.10 Å². The quantitative estimate of drug-likeness (QED) is 0.489. The minimum absolute atomic E-state index is 0.159. The van der Waals surface area contributed by atoms with Gasteiger partial charge in [0.2, 0.25) is 5.91 Å². The molecular formula is C27H38N6O3. The van der Waals surface area contributed by atoms with Crippen LogP contribution >= 0.6 is 0 Å². The highest BCUT2D eigenvalue weighted by molar-refractivity contribution is 5.92. The highest BCUT2D eigenvalue weighted by atomic mass is 16.3. The molecule has 1 aromatic heterocycles. The highest BCUT2D eigenvalue weighted by Crippen LogP contribution is 2.19. The van der Waals surface area contributed by atoms with E-state index in [1.54, 1.807) is 6.07 Å². The first kappa shape index (κ1) is 26.0. The maximum absolute atomic E-state index is 12.7. The van der Waals surface area contributed by atoms with Gasteiger partial charge < -0.3 is 20.6 Å². The maximum Gasteiger partial charge on any atom is 0.270 e. The van der Waals surface area contributed by atoms with E-state index in [0.717, 1.165) is 45.4 Å². The minimum atomic E-state index is -0.665. The molecule has 0 bridgehead atoms. The molecule has 1 atom stereocenters. The van der Waals surface area contributed by atoms with Crippen LogP contribution < -0.4 is 10.6 Å². The van der Waals surface area contributed by atoms with Gasteiger partial charge in [0.1, 0.15) is 17.8 Å².